The second-order valence-electron chi connectivity index (χ2n) is 7.33. The van der Waals surface area contributed by atoms with Gasteiger partial charge in [0.2, 0.25) is 5.91 Å². The molecule has 1 amide bonds. The Morgan fingerprint density at radius 2 is 1.81 bits per heavy atom. The molecule has 0 aliphatic heterocycles. The van der Waals surface area contributed by atoms with Crippen molar-refractivity contribution in [2.75, 3.05) is 0 Å². The number of hydrogen-bond donors (Lipinski definition) is 1. The first-order valence-electron chi connectivity index (χ1n) is 8.84. The molecule has 2 aromatic carbocycles. The van der Waals surface area contributed by atoms with Gasteiger partial charge in [-0.05, 0) is 16.5 Å². The Hall–Kier alpha value is -2.79. The monoisotopic (exact) mass is 377 g/mol. The first-order chi connectivity index (χ1) is 12.9. The lowest BCUT2D eigenvalue weighted by Gasteiger charge is -2.18. The maximum atomic E-state index is 12.1. The molecule has 3 aromatic rings. The van der Waals surface area contributed by atoms with Crippen molar-refractivity contribution in [1.82, 2.24) is 10.4 Å². The Labute approximate surface area is 164 Å². The van der Waals surface area contributed by atoms with Gasteiger partial charge in [0.15, 0.2) is 0 Å². The van der Waals surface area contributed by atoms with Crippen molar-refractivity contribution < 1.29 is 4.79 Å². The highest BCUT2D eigenvalue weighted by atomic mass is 32.1. The van der Waals surface area contributed by atoms with E-state index < -0.39 is 0 Å². The van der Waals surface area contributed by atoms with E-state index in [9.17, 15) is 4.79 Å². The van der Waals surface area contributed by atoms with E-state index >= 15 is 0 Å². The molecule has 0 spiro atoms. The van der Waals surface area contributed by atoms with Gasteiger partial charge in [0, 0.05) is 10.9 Å². The average Bonchev–Trinajstić information content (AvgIpc) is 3.10. The fourth-order valence-electron chi connectivity index (χ4n) is 2.56. The van der Waals surface area contributed by atoms with Gasteiger partial charge in [-0.2, -0.15) is 5.10 Å². The van der Waals surface area contributed by atoms with Gasteiger partial charge in [0.25, 0.3) is 0 Å². The molecule has 1 N–H and O–H groups in total. The normalized spacial score (nSPS) is 11.7. The highest BCUT2D eigenvalue weighted by Crippen LogP contribution is 2.22. The van der Waals surface area contributed by atoms with Crippen molar-refractivity contribution in [2.24, 2.45) is 5.10 Å². The Bertz CT molecular complexity index is 922. The van der Waals surface area contributed by atoms with Crippen LogP contribution in [0.25, 0.3) is 11.3 Å². The number of nitrogens with one attached hydrogen (secondary N) is 1. The smallest absolute Gasteiger partial charge is 0.246 e. The minimum absolute atomic E-state index is 0.121. The Balaban J connectivity index is 1.54. The van der Waals surface area contributed by atoms with Crippen LogP contribution in [-0.4, -0.2) is 17.1 Å². The minimum atomic E-state index is -0.175. The zero-order valence-corrected chi connectivity index (χ0v) is 16.6. The van der Waals surface area contributed by atoms with Crippen LogP contribution in [0.1, 0.15) is 36.9 Å². The average molecular weight is 378 g/mol. The third-order valence-electron chi connectivity index (χ3n) is 4.11. The molecule has 4 nitrogen and oxygen atoms in total. The molecule has 0 saturated carbocycles. The molecule has 3 rings (SSSR count). The maximum Gasteiger partial charge on any atom is 0.246 e. The van der Waals surface area contributed by atoms with Crippen molar-refractivity contribution in [3.8, 4) is 11.3 Å². The maximum absolute atomic E-state index is 12.1. The van der Waals surface area contributed by atoms with E-state index in [1.165, 1.54) is 16.9 Å². The number of aromatic nitrogens is 1. The van der Waals surface area contributed by atoms with Crippen molar-refractivity contribution >= 4 is 23.5 Å². The fraction of sp³-hybridized carbons (Fsp3) is 0.227. The predicted octanol–water partition coefficient (Wildman–Crippen LogP) is 4.80. The van der Waals surface area contributed by atoms with Gasteiger partial charge in [0.1, 0.15) is 5.01 Å². The standard InChI is InChI=1S/C22H23N3OS/c1-22(2,3)18-11-9-16(10-12-18)14-23-25-20(26)13-21-24-19(15-27-21)17-7-5-4-6-8-17/h4-12,14-15H,13H2,1-3H3,(H,25,26)/b23-14-. The molecule has 27 heavy (non-hydrogen) atoms. The first-order valence-corrected chi connectivity index (χ1v) is 9.72. The number of thiazole rings is 1. The summed E-state index contributed by atoms with van der Waals surface area (Å²) in [6.45, 7) is 6.54. The molecule has 0 atom stereocenters. The van der Waals surface area contributed by atoms with E-state index in [0.29, 0.717) is 0 Å². The molecule has 1 heterocycles. The van der Waals surface area contributed by atoms with Crippen molar-refractivity contribution in [3.05, 3.63) is 76.1 Å². The van der Waals surface area contributed by atoms with Gasteiger partial charge in [-0.15, -0.1) is 11.3 Å². The van der Waals surface area contributed by atoms with E-state index in [1.54, 1.807) is 6.21 Å². The highest BCUT2D eigenvalue weighted by Gasteiger charge is 2.12. The van der Waals surface area contributed by atoms with Gasteiger partial charge in [-0.1, -0.05) is 75.4 Å². The van der Waals surface area contributed by atoms with Crippen LogP contribution in [0.15, 0.2) is 65.1 Å². The number of benzene rings is 2. The molecule has 138 valence electrons. The first kappa shape index (κ1) is 19.0. The summed E-state index contributed by atoms with van der Waals surface area (Å²) in [6.07, 6.45) is 1.87. The summed E-state index contributed by atoms with van der Waals surface area (Å²) in [7, 11) is 0. The molecule has 0 unspecified atom stereocenters. The van der Waals surface area contributed by atoms with E-state index in [0.717, 1.165) is 21.8 Å². The molecule has 0 aliphatic rings. The number of amides is 1. The summed E-state index contributed by atoms with van der Waals surface area (Å²) in [5.74, 6) is -0.175. The lowest BCUT2D eigenvalue weighted by Crippen LogP contribution is -2.19. The van der Waals surface area contributed by atoms with Gasteiger partial charge in [-0.3, -0.25) is 4.79 Å². The largest absolute Gasteiger partial charge is 0.273 e. The molecule has 0 saturated heterocycles. The molecule has 1 aromatic heterocycles. The second-order valence-corrected chi connectivity index (χ2v) is 8.28. The van der Waals surface area contributed by atoms with E-state index in [1.807, 2.05) is 47.8 Å². The topological polar surface area (TPSA) is 54.4 Å². The van der Waals surface area contributed by atoms with Crippen molar-refractivity contribution in [3.63, 3.8) is 0 Å². The lowest BCUT2D eigenvalue weighted by molar-refractivity contribution is -0.120. The molecule has 0 fully saturated rings. The fourth-order valence-corrected chi connectivity index (χ4v) is 3.36. The van der Waals surface area contributed by atoms with Crippen LogP contribution in [0, 0.1) is 0 Å². The van der Waals surface area contributed by atoms with Crippen molar-refractivity contribution in [2.45, 2.75) is 32.6 Å². The molecular weight excluding hydrogens is 354 g/mol. The third-order valence-corrected chi connectivity index (χ3v) is 4.96. The molecule has 0 aliphatic carbocycles. The van der Waals surface area contributed by atoms with E-state index in [2.05, 4.69) is 48.4 Å². The van der Waals surface area contributed by atoms with Crippen LogP contribution >= 0.6 is 11.3 Å². The third kappa shape index (κ3) is 5.34. The molecule has 0 radical (unpaired) electrons. The zero-order chi connectivity index (χ0) is 19.3. The van der Waals surface area contributed by atoms with Crippen molar-refractivity contribution in [1.29, 1.82) is 0 Å². The summed E-state index contributed by atoms with van der Waals surface area (Å²) in [5, 5.41) is 6.79. The number of rotatable bonds is 5. The quantitative estimate of drug-likeness (QED) is 0.513. The van der Waals surface area contributed by atoms with Gasteiger partial charge < -0.3 is 0 Å². The van der Waals surface area contributed by atoms with Crippen LogP contribution in [0.4, 0.5) is 0 Å². The number of nitrogens with zero attached hydrogens (tertiary/aromatic N) is 2. The summed E-state index contributed by atoms with van der Waals surface area (Å²) in [6, 6.07) is 18.1. The van der Waals surface area contributed by atoms with Gasteiger partial charge in [0.05, 0.1) is 18.3 Å². The molecule has 0 bridgehead atoms. The molecular formula is C22H23N3OS. The Morgan fingerprint density at radius 1 is 1.11 bits per heavy atom. The Morgan fingerprint density at radius 3 is 2.48 bits per heavy atom. The van der Waals surface area contributed by atoms with Crippen LogP contribution in [-0.2, 0) is 16.6 Å². The minimum Gasteiger partial charge on any atom is -0.273 e. The summed E-state index contributed by atoms with van der Waals surface area (Å²) < 4.78 is 0. The number of carbonyl (C=O) groups is 1. The highest BCUT2D eigenvalue weighted by molar-refractivity contribution is 7.10. The van der Waals surface area contributed by atoms with E-state index in [4.69, 9.17) is 0 Å². The SMILES string of the molecule is CC(C)(C)c1ccc(/C=N\NC(=O)Cc2nc(-c3ccccc3)cs2)cc1. The van der Waals surface area contributed by atoms with Crippen LogP contribution < -0.4 is 5.43 Å². The van der Waals surface area contributed by atoms with Gasteiger partial charge >= 0.3 is 0 Å². The number of hydrogen-bond acceptors (Lipinski definition) is 4. The van der Waals surface area contributed by atoms with Crippen LogP contribution in [0.2, 0.25) is 0 Å². The Kier molecular flexibility index (Phi) is 5.81. The summed E-state index contributed by atoms with van der Waals surface area (Å²) in [5.41, 5.74) is 6.85. The van der Waals surface area contributed by atoms with Crippen LogP contribution in [0.5, 0.6) is 0 Å². The zero-order valence-electron chi connectivity index (χ0n) is 15.8. The number of carbonyl (C=O) groups excluding carboxylic acids is 1. The number of hydrazone groups is 1. The van der Waals surface area contributed by atoms with Gasteiger partial charge in [-0.25, -0.2) is 10.4 Å². The summed E-state index contributed by atoms with van der Waals surface area (Å²) in [4.78, 5) is 16.6. The lowest BCUT2D eigenvalue weighted by atomic mass is 9.87. The summed E-state index contributed by atoms with van der Waals surface area (Å²) >= 11 is 1.48. The van der Waals surface area contributed by atoms with Crippen LogP contribution in [0.3, 0.4) is 0 Å². The molecule has 5 heteroatoms. The van der Waals surface area contributed by atoms with E-state index in [-0.39, 0.29) is 17.7 Å². The second kappa shape index (κ2) is 8.27. The predicted molar refractivity (Wildman–Crippen MR) is 112 cm³/mol.